The molecule has 2 N–H and O–H groups in total. The summed E-state index contributed by atoms with van der Waals surface area (Å²) in [6, 6.07) is 3.19. The van der Waals surface area contributed by atoms with Crippen LogP contribution in [0.25, 0.3) is 11.3 Å². The fourth-order valence-electron chi connectivity index (χ4n) is 1.21. The van der Waals surface area contributed by atoms with Crippen molar-refractivity contribution in [1.82, 2.24) is 4.98 Å². The van der Waals surface area contributed by atoms with Crippen molar-refractivity contribution >= 4 is 24.2 Å². The minimum Gasteiger partial charge on any atom is -0.472 e. The minimum atomic E-state index is -1.56. The fourth-order valence-corrected chi connectivity index (χ4v) is 1.49. The predicted molar refractivity (Wildman–Crippen MR) is 56.8 cm³/mol. The van der Waals surface area contributed by atoms with Crippen LogP contribution < -0.4 is 5.46 Å². The van der Waals surface area contributed by atoms with E-state index < -0.39 is 7.12 Å². The van der Waals surface area contributed by atoms with E-state index >= 15 is 0 Å². The summed E-state index contributed by atoms with van der Waals surface area (Å²) in [5.74, 6) is 0. The number of furan rings is 1. The molecule has 0 amide bonds. The third-order valence-electron chi connectivity index (χ3n) is 1.96. The van der Waals surface area contributed by atoms with Crippen LogP contribution in [0, 0.1) is 0 Å². The molecule has 2 aromatic heterocycles. The maximum Gasteiger partial charge on any atom is 0.490 e. The van der Waals surface area contributed by atoms with Gasteiger partial charge in [-0.1, -0.05) is 11.6 Å². The first-order valence-corrected chi connectivity index (χ1v) is 4.60. The van der Waals surface area contributed by atoms with Gasteiger partial charge in [-0.05, 0) is 12.1 Å². The van der Waals surface area contributed by atoms with Crippen molar-refractivity contribution in [2.45, 2.75) is 0 Å². The Hall–Kier alpha value is -1.30. The van der Waals surface area contributed by atoms with Crippen LogP contribution in [-0.2, 0) is 0 Å². The van der Waals surface area contributed by atoms with Gasteiger partial charge in [0.1, 0.15) is 0 Å². The Bertz CT molecular complexity index is 458. The van der Waals surface area contributed by atoms with Crippen molar-refractivity contribution in [3.8, 4) is 11.3 Å². The predicted octanol–water partition coefficient (Wildman–Crippen LogP) is 0.675. The molecule has 0 aromatic carbocycles. The highest BCUT2D eigenvalue weighted by Gasteiger charge is 2.14. The average Bonchev–Trinajstić information content (AvgIpc) is 2.70. The molecular weight excluding hydrogens is 216 g/mol. The van der Waals surface area contributed by atoms with Crippen LogP contribution in [-0.4, -0.2) is 22.2 Å². The summed E-state index contributed by atoms with van der Waals surface area (Å²) < 4.78 is 4.90. The van der Waals surface area contributed by atoms with E-state index in [4.69, 9.17) is 26.1 Å². The lowest BCUT2D eigenvalue weighted by molar-refractivity contribution is 0.425. The molecule has 0 fully saturated rings. The summed E-state index contributed by atoms with van der Waals surface area (Å²) in [5.41, 5.74) is 1.56. The summed E-state index contributed by atoms with van der Waals surface area (Å²) in [5, 5.41) is 18.2. The first-order valence-electron chi connectivity index (χ1n) is 4.22. The molecule has 0 aliphatic carbocycles. The molecule has 0 saturated heterocycles. The first-order chi connectivity index (χ1) is 7.18. The van der Waals surface area contributed by atoms with Crippen LogP contribution in [0.3, 0.4) is 0 Å². The van der Waals surface area contributed by atoms with Crippen molar-refractivity contribution < 1.29 is 14.5 Å². The zero-order valence-electron chi connectivity index (χ0n) is 7.59. The van der Waals surface area contributed by atoms with E-state index in [-0.39, 0.29) is 5.46 Å². The van der Waals surface area contributed by atoms with Gasteiger partial charge in [0.25, 0.3) is 0 Å². The zero-order valence-corrected chi connectivity index (χ0v) is 8.35. The lowest BCUT2D eigenvalue weighted by Crippen LogP contribution is -2.30. The number of halogens is 1. The summed E-state index contributed by atoms with van der Waals surface area (Å²) in [6.07, 6.45) is 4.39. The quantitative estimate of drug-likeness (QED) is 0.735. The molecule has 0 saturated carbocycles. The molecule has 2 heterocycles. The highest BCUT2D eigenvalue weighted by molar-refractivity contribution is 6.59. The molecule has 0 radical (unpaired) electrons. The van der Waals surface area contributed by atoms with Gasteiger partial charge in [0.2, 0.25) is 0 Å². The van der Waals surface area contributed by atoms with Crippen LogP contribution in [0.2, 0.25) is 5.02 Å². The molecule has 15 heavy (non-hydrogen) atoms. The van der Waals surface area contributed by atoms with E-state index in [9.17, 15) is 0 Å². The topological polar surface area (TPSA) is 66.5 Å². The molecule has 0 unspecified atom stereocenters. The van der Waals surface area contributed by atoms with Crippen LogP contribution in [0.15, 0.2) is 35.3 Å². The summed E-state index contributed by atoms with van der Waals surface area (Å²) in [6.45, 7) is 0. The Balaban J connectivity index is 2.44. The zero-order chi connectivity index (χ0) is 10.8. The number of nitrogens with zero attached hydrogens (tertiary/aromatic N) is 1. The normalized spacial score (nSPS) is 10.3. The van der Waals surface area contributed by atoms with E-state index in [1.54, 1.807) is 6.07 Å². The largest absolute Gasteiger partial charge is 0.490 e. The first kappa shape index (κ1) is 10.2. The summed E-state index contributed by atoms with van der Waals surface area (Å²) in [4.78, 5) is 4.03. The Morgan fingerprint density at radius 2 is 2.20 bits per heavy atom. The molecule has 0 bridgehead atoms. The number of hydrogen-bond donors (Lipinski definition) is 2. The lowest BCUT2D eigenvalue weighted by Gasteiger charge is -2.03. The van der Waals surface area contributed by atoms with Crippen LogP contribution in [0.5, 0.6) is 0 Å². The Morgan fingerprint density at radius 1 is 1.40 bits per heavy atom. The molecule has 0 aliphatic rings. The number of rotatable bonds is 2. The van der Waals surface area contributed by atoms with Gasteiger partial charge in [-0.2, -0.15) is 0 Å². The molecule has 4 nitrogen and oxygen atoms in total. The molecule has 2 aromatic rings. The third-order valence-corrected chi connectivity index (χ3v) is 2.24. The minimum absolute atomic E-state index is 0.257. The van der Waals surface area contributed by atoms with Crippen molar-refractivity contribution in [2.24, 2.45) is 0 Å². The third kappa shape index (κ3) is 2.04. The Morgan fingerprint density at radius 3 is 2.73 bits per heavy atom. The standard InChI is InChI=1S/C9H7BClNO3/c11-8-3-7(10(13)14)4-12-9(8)6-1-2-15-5-6/h1-5,13-14H. The molecule has 0 aliphatic heterocycles. The Kier molecular flexibility index (Phi) is 2.77. The smallest absolute Gasteiger partial charge is 0.472 e. The summed E-state index contributed by atoms with van der Waals surface area (Å²) in [7, 11) is -1.56. The maximum atomic E-state index is 8.91. The number of hydrogen-bond acceptors (Lipinski definition) is 4. The van der Waals surface area contributed by atoms with Gasteiger partial charge >= 0.3 is 7.12 Å². The van der Waals surface area contributed by atoms with Gasteiger partial charge in [-0.25, -0.2) is 0 Å². The number of aromatic nitrogens is 1. The molecule has 76 valence electrons. The number of pyridine rings is 1. The second kappa shape index (κ2) is 4.06. The van der Waals surface area contributed by atoms with Crippen molar-refractivity contribution in [2.75, 3.05) is 0 Å². The van der Waals surface area contributed by atoms with Crippen molar-refractivity contribution in [1.29, 1.82) is 0 Å². The second-order valence-corrected chi connectivity index (χ2v) is 3.39. The van der Waals surface area contributed by atoms with E-state index in [0.717, 1.165) is 5.56 Å². The molecule has 0 spiro atoms. The molecular formula is C9H7BClNO3. The molecule has 2 rings (SSSR count). The monoisotopic (exact) mass is 223 g/mol. The fraction of sp³-hybridized carbons (Fsp3) is 0. The van der Waals surface area contributed by atoms with E-state index in [2.05, 4.69) is 4.98 Å². The highest BCUT2D eigenvalue weighted by atomic mass is 35.5. The van der Waals surface area contributed by atoms with Gasteiger partial charge in [0.15, 0.2) is 0 Å². The van der Waals surface area contributed by atoms with Crippen LogP contribution in [0.4, 0.5) is 0 Å². The van der Waals surface area contributed by atoms with Gasteiger partial charge in [-0.3, -0.25) is 4.98 Å². The summed E-state index contributed by atoms with van der Waals surface area (Å²) >= 11 is 5.94. The average molecular weight is 223 g/mol. The van der Waals surface area contributed by atoms with E-state index in [1.165, 1.54) is 24.8 Å². The van der Waals surface area contributed by atoms with Crippen LogP contribution >= 0.6 is 11.6 Å². The maximum absolute atomic E-state index is 8.91. The van der Waals surface area contributed by atoms with Crippen LogP contribution in [0.1, 0.15) is 0 Å². The lowest BCUT2D eigenvalue weighted by atomic mass is 9.81. The van der Waals surface area contributed by atoms with Gasteiger partial charge in [-0.15, -0.1) is 0 Å². The van der Waals surface area contributed by atoms with Gasteiger partial charge in [0.05, 0.1) is 23.2 Å². The van der Waals surface area contributed by atoms with Crippen molar-refractivity contribution in [3.05, 3.63) is 35.9 Å². The van der Waals surface area contributed by atoms with E-state index in [1.807, 2.05) is 0 Å². The van der Waals surface area contributed by atoms with Gasteiger partial charge in [0, 0.05) is 17.2 Å². The Labute approximate surface area is 91.3 Å². The van der Waals surface area contributed by atoms with E-state index in [0.29, 0.717) is 10.7 Å². The SMILES string of the molecule is OB(O)c1cnc(-c2ccoc2)c(Cl)c1. The molecule has 0 atom stereocenters. The second-order valence-electron chi connectivity index (χ2n) is 2.98. The highest BCUT2D eigenvalue weighted by Crippen LogP contribution is 2.24. The van der Waals surface area contributed by atoms with Gasteiger partial charge < -0.3 is 14.5 Å². The molecule has 6 heteroatoms. The van der Waals surface area contributed by atoms with Crippen molar-refractivity contribution in [3.63, 3.8) is 0 Å².